The predicted molar refractivity (Wildman–Crippen MR) is 80.8 cm³/mol. The van der Waals surface area contributed by atoms with Gasteiger partial charge in [0.25, 0.3) is 0 Å². The molecule has 2 rings (SSSR count). The molecule has 1 aliphatic heterocycles. The number of benzene rings is 1. The third-order valence-corrected chi connectivity index (χ3v) is 3.99. The van der Waals surface area contributed by atoms with Gasteiger partial charge in [-0.05, 0) is 44.5 Å². The van der Waals surface area contributed by atoms with Gasteiger partial charge < -0.3 is 10.2 Å². The van der Waals surface area contributed by atoms with Crippen LogP contribution in [0, 0.1) is 11.6 Å². The van der Waals surface area contributed by atoms with E-state index in [0.717, 1.165) is 23.1 Å². The van der Waals surface area contributed by atoms with Gasteiger partial charge in [-0.2, -0.15) is 13.2 Å². The highest BCUT2D eigenvalue weighted by molar-refractivity contribution is 5.85. The van der Waals surface area contributed by atoms with Crippen LogP contribution in [0.3, 0.4) is 0 Å². The van der Waals surface area contributed by atoms with E-state index in [4.69, 9.17) is 0 Å². The Morgan fingerprint density at radius 1 is 1.33 bits per heavy atom. The summed E-state index contributed by atoms with van der Waals surface area (Å²) in [6.45, 7) is 1.68. The largest absolute Gasteiger partial charge is 0.471 e. The van der Waals surface area contributed by atoms with E-state index in [1.54, 1.807) is 0 Å². The summed E-state index contributed by atoms with van der Waals surface area (Å²) in [4.78, 5) is 12.3. The molecule has 136 valence electrons. The van der Waals surface area contributed by atoms with E-state index >= 15 is 0 Å². The third kappa shape index (κ3) is 4.57. The number of nitrogens with one attached hydrogen (secondary N) is 1. The Balaban J connectivity index is 0.00000288. The molecule has 9 heteroatoms. The van der Waals surface area contributed by atoms with Crippen LogP contribution in [0.1, 0.15) is 31.4 Å². The van der Waals surface area contributed by atoms with Gasteiger partial charge in [-0.15, -0.1) is 12.4 Å². The molecule has 0 unspecified atom stereocenters. The number of hydrogen-bond acceptors (Lipinski definition) is 2. The summed E-state index contributed by atoms with van der Waals surface area (Å²) in [6.07, 6.45) is -4.53. The molecule has 0 saturated carbocycles. The van der Waals surface area contributed by atoms with E-state index in [0.29, 0.717) is 13.0 Å². The first kappa shape index (κ1) is 20.6. The van der Waals surface area contributed by atoms with Gasteiger partial charge in [0.1, 0.15) is 11.6 Å². The van der Waals surface area contributed by atoms with E-state index in [1.807, 2.05) is 0 Å². The average molecular weight is 373 g/mol. The summed E-state index contributed by atoms with van der Waals surface area (Å²) in [5.74, 6) is -3.15. The average Bonchev–Trinajstić information content (AvgIpc) is 2.50. The summed E-state index contributed by atoms with van der Waals surface area (Å²) in [6, 6.07) is 1.67. The van der Waals surface area contributed by atoms with Crippen LogP contribution in [0.15, 0.2) is 18.2 Å². The van der Waals surface area contributed by atoms with Crippen molar-refractivity contribution in [3.8, 4) is 0 Å². The van der Waals surface area contributed by atoms with Crippen molar-refractivity contribution in [3.05, 3.63) is 35.4 Å². The number of hydrogen-bond donors (Lipinski definition) is 1. The molecule has 0 aromatic heterocycles. The van der Waals surface area contributed by atoms with Crippen molar-refractivity contribution in [3.63, 3.8) is 0 Å². The van der Waals surface area contributed by atoms with Gasteiger partial charge in [0.2, 0.25) is 0 Å². The smallest absolute Gasteiger partial charge is 0.332 e. The van der Waals surface area contributed by atoms with E-state index in [2.05, 4.69) is 5.32 Å². The van der Waals surface area contributed by atoms with Gasteiger partial charge in [-0.1, -0.05) is 0 Å². The van der Waals surface area contributed by atoms with E-state index in [9.17, 15) is 26.7 Å². The number of piperidine rings is 1. The fourth-order valence-corrected chi connectivity index (χ4v) is 2.93. The first-order valence-corrected chi connectivity index (χ1v) is 7.30. The molecule has 3 nitrogen and oxygen atoms in total. The summed E-state index contributed by atoms with van der Waals surface area (Å²) in [5.41, 5.74) is 0.0604. The number of alkyl halides is 3. The molecule has 0 bridgehead atoms. The molecular formula is C15H18ClF5N2O. The summed E-state index contributed by atoms with van der Waals surface area (Å²) in [5, 5.41) is 2.96. The zero-order valence-corrected chi connectivity index (χ0v) is 13.7. The molecule has 0 spiro atoms. The lowest BCUT2D eigenvalue weighted by Gasteiger charge is -2.38. The highest BCUT2D eigenvalue weighted by Gasteiger charge is 2.44. The van der Waals surface area contributed by atoms with E-state index in [1.165, 1.54) is 6.92 Å². The molecule has 1 aromatic carbocycles. The normalized spacial score (nSPS) is 21.1. The number of nitrogens with zero attached hydrogens (tertiary/aromatic N) is 1. The molecule has 0 radical (unpaired) electrons. The zero-order valence-electron chi connectivity index (χ0n) is 12.9. The van der Waals surface area contributed by atoms with Crippen LogP contribution in [-0.2, 0) is 4.79 Å². The number of carbonyl (C=O) groups excluding carboxylic acids is 1. The van der Waals surface area contributed by atoms with Gasteiger partial charge in [0.05, 0.1) is 0 Å². The van der Waals surface area contributed by atoms with Crippen LogP contribution in [0.5, 0.6) is 0 Å². The van der Waals surface area contributed by atoms with Gasteiger partial charge in [-0.3, -0.25) is 4.79 Å². The van der Waals surface area contributed by atoms with Crippen molar-refractivity contribution in [2.24, 2.45) is 0 Å². The Hall–Kier alpha value is -1.41. The van der Waals surface area contributed by atoms with Crippen LogP contribution >= 0.6 is 12.4 Å². The molecule has 1 aromatic rings. The molecule has 1 aliphatic rings. The maximum Gasteiger partial charge on any atom is 0.471 e. The molecule has 2 atom stereocenters. The SMILES string of the molecule is CCN(C(=O)C(F)(F)F)[C@@H]1CCN[C@H](c2cc(F)ccc2F)C1.Cl. The lowest BCUT2D eigenvalue weighted by atomic mass is 9.92. The van der Waals surface area contributed by atoms with E-state index in [-0.39, 0.29) is 30.9 Å². The number of carbonyl (C=O) groups is 1. The van der Waals surface area contributed by atoms with Gasteiger partial charge in [0.15, 0.2) is 0 Å². The maximum atomic E-state index is 13.8. The van der Waals surface area contributed by atoms with Crippen LogP contribution in [-0.4, -0.2) is 36.1 Å². The fourth-order valence-electron chi connectivity index (χ4n) is 2.93. The molecule has 0 aliphatic carbocycles. The minimum absolute atomic E-state index is 0. The second-order valence-electron chi connectivity index (χ2n) is 5.44. The van der Waals surface area contributed by atoms with Crippen LogP contribution in [0.25, 0.3) is 0 Å². The second kappa shape index (κ2) is 8.11. The highest BCUT2D eigenvalue weighted by Crippen LogP contribution is 2.30. The highest BCUT2D eigenvalue weighted by atomic mass is 35.5. The summed E-state index contributed by atoms with van der Waals surface area (Å²) >= 11 is 0. The van der Waals surface area contributed by atoms with Crippen molar-refractivity contribution in [1.29, 1.82) is 0 Å². The van der Waals surface area contributed by atoms with Crippen molar-refractivity contribution >= 4 is 18.3 Å². The van der Waals surface area contributed by atoms with E-state index < -0.39 is 35.8 Å². The molecule has 1 fully saturated rings. The minimum Gasteiger partial charge on any atom is -0.332 e. The molecule has 1 saturated heterocycles. The third-order valence-electron chi connectivity index (χ3n) is 3.99. The van der Waals surface area contributed by atoms with Crippen LogP contribution < -0.4 is 5.32 Å². The van der Waals surface area contributed by atoms with Crippen molar-refractivity contribution < 1.29 is 26.7 Å². The van der Waals surface area contributed by atoms with Gasteiger partial charge >= 0.3 is 12.1 Å². The Morgan fingerprint density at radius 2 is 2.00 bits per heavy atom. The quantitative estimate of drug-likeness (QED) is 0.822. The zero-order chi connectivity index (χ0) is 17.2. The number of rotatable bonds is 3. The standard InChI is InChI=1S/C15H17F5N2O.ClH/c1-2-22(14(23)15(18,19)20)10-5-6-21-13(8-10)11-7-9(16)3-4-12(11)17;/h3-4,7,10,13,21H,2,5-6,8H2,1H3;1H/t10-,13+;/m1./s1. The lowest BCUT2D eigenvalue weighted by molar-refractivity contribution is -0.188. The first-order chi connectivity index (χ1) is 10.7. The maximum absolute atomic E-state index is 13.8. The monoisotopic (exact) mass is 372 g/mol. The first-order valence-electron chi connectivity index (χ1n) is 7.30. The fraction of sp³-hybridized carbons (Fsp3) is 0.533. The topological polar surface area (TPSA) is 32.3 Å². The molecule has 1 heterocycles. The Labute approximate surface area is 142 Å². The molecular weight excluding hydrogens is 355 g/mol. The van der Waals surface area contributed by atoms with Crippen molar-refractivity contribution in [1.82, 2.24) is 10.2 Å². The Kier molecular flexibility index (Phi) is 6.97. The molecule has 1 amide bonds. The van der Waals surface area contributed by atoms with Crippen molar-refractivity contribution in [2.45, 2.75) is 38.0 Å². The minimum atomic E-state index is -4.94. The lowest BCUT2D eigenvalue weighted by Crippen LogP contribution is -2.51. The molecule has 24 heavy (non-hydrogen) atoms. The number of amides is 1. The number of halogens is 6. The second-order valence-corrected chi connectivity index (χ2v) is 5.44. The van der Waals surface area contributed by atoms with Gasteiger partial charge in [0, 0.05) is 24.2 Å². The Bertz CT molecular complexity index is 581. The predicted octanol–water partition coefficient (Wildman–Crippen LogP) is 3.59. The van der Waals surface area contributed by atoms with Gasteiger partial charge in [-0.25, -0.2) is 8.78 Å². The van der Waals surface area contributed by atoms with Crippen LogP contribution in [0.4, 0.5) is 22.0 Å². The summed E-state index contributed by atoms with van der Waals surface area (Å²) < 4.78 is 65.1. The summed E-state index contributed by atoms with van der Waals surface area (Å²) in [7, 11) is 0. The van der Waals surface area contributed by atoms with Crippen LogP contribution in [0.2, 0.25) is 0 Å². The molecule has 1 N–H and O–H groups in total. The Morgan fingerprint density at radius 3 is 2.58 bits per heavy atom. The van der Waals surface area contributed by atoms with Crippen molar-refractivity contribution in [2.75, 3.05) is 13.1 Å².